The van der Waals surface area contributed by atoms with Crippen LogP contribution in [0.15, 0.2) is 30.5 Å². The van der Waals surface area contributed by atoms with Crippen molar-refractivity contribution in [2.45, 2.75) is 32.7 Å². The molecule has 1 N–H and O–H groups in total. The quantitative estimate of drug-likeness (QED) is 0.800. The van der Waals surface area contributed by atoms with Crippen molar-refractivity contribution in [3.63, 3.8) is 0 Å². The number of unbranched alkanes of at least 4 members (excludes halogenated alkanes) is 2. The largest absolute Gasteiger partial charge is 0.478 e. The standard InChI is InChI=1S/C14H17NO2/c1-2-3-6-9-15-10-12(14(16)17)11-7-4-5-8-13(11)15/h4-5,7-8,10H,2-3,6,9H2,1H3,(H,16,17). The van der Waals surface area contributed by atoms with E-state index in [1.165, 1.54) is 12.8 Å². The minimum Gasteiger partial charge on any atom is -0.478 e. The first-order valence-corrected chi connectivity index (χ1v) is 6.05. The Kier molecular flexibility index (Phi) is 3.47. The van der Waals surface area contributed by atoms with Crippen molar-refractivity contribution < 1.29 is 9.90 Å². The molecule has 0 aliphatic rings. The molecule has 0 aliphatic carbocycles. The molecule has 0 fully saturated rings. The van der Waals surface area contributed by atoms with Crippen molar-refractivity contribution in [2.75, 3.05) is 0 Å². The number of benzene rings is 1. The van der Waals surface area contributed by atoms with Gasteiger partial charge in [-0.15, -0.1) is 0 Å². The van der Waals surface area contributed by atoms with E-state index >= 15 is 0 Å². The van der Waals surface area contributed by atoms with Crippen LogP contribution in [0.3, 0.4) is 0 Å². The number of hydrogen-bond donors (Lipinski definition) is 1. The summed E-state index contributed by atoms with van der Waals surface area (Å²) in [5.74, 6) is -0.851. The summed E-state index contributed by atoms with van der Waals surface area (Å²) in [7, 11) is 0. The molecule has 0 aliphatic heterocycles. The van der Waals surface area contributed by atoms with Crippen molar-refractivity contribution >= 4 is 16.9 Å². The highest BCUT2D eigenvalue weighted by Gasteiger charge is 2.12. The highest BCUT2D eigenvalue weighted by molar-refractivity contribution is 6.03. The van der Waals surface area contributed by atoms with Crippen LogP contribution in [0.5, 0.6) is 0 Å². The fourth-order valence-electron chi connectivity index (χ4n) is 2.13. The van der Waals surface area contributed by atoms with Gasteiger partial charge < -0.3 is 9.67 Å². The normalized spacial score (nSPS) is 10.9. The van der Waals surface area contributed by atoms with E-state index in [1.54, 1.807) is 6.20 Å². The van der Waals surface area contributed by atoms with Gasteiger partial charge in [0.25, 0.3) is 0 Å². The molecule has 90 valence electrons. The topological polar surface area (TPSA) is 42.2 Å². The van der Waals surface area contributed by atoms with Crippen LogP contribution in [-0.4, -0.2) is 15.6 Å². The van der Waals surface area contributed by atoms with Crippen LogP contribution in [0.25, 0.3) is 10.9 Å². The molecule has 0 saturated carbocycles. The first-order chi connectivity index (χ1) is 8.24. The van der Waals surface area contributed by atoms with E-state index in [0.717, 1.165) is 23.9 Å². The SMILES string of the molecule is CCCCCn1cc(C(=O)O)c2ccccc21. The van der Waals surface area contributed by atoms with Crippen LogP contribution in [0.4, 0.5) is 0 Å². The number of aromatic nitrogens is 1. The molecule has 2 aromatic rings. The number of carbonyl (C=O) groups is 1. The first-order valence-electron chi connectivity index (χ1n) is 6.05. The van der Waals surface area contributed by atoms with Crippen LogP contribution >= 0.6 is 0 Å². The van der Waals surface area contributed by atoms with Gasteiger partial charge in [0, 0.05) is 23.6 Å². The Morgan fingerprint density at radius 2 is 2.06 bits per heavy atom. The Morgan fingerprint density at radius 3 is 2.76 bits per heavy atom. The number of fused-ring (bicyclic) bond motifs is 1. The molecular formula is C14H17NO2. The summed E-state index contributed by atoms with van der Waals surface area (Å²) in [4.78, 5) is 11.1. The summed E-state index contributed by atoms with van der Waals surface area (Å²) < 4.78 is 2.05. The van der Waals surface area contributed by atoms with Gasteiger partial charge in [0.1, 0.15) is 0 Å². The molecule has 17 heavy (non-hydrogen) atoms. The van der Waals surface area contributed by atoms with Crippen LogP contribution in [0.1, 0.15) is 36.5 Å². The lowest BCUT2D eigenvalue weighted by Gasteiger charge is -2.03. The van der Waals surface area contributed by atoms with E-state index in [4.69, 9.17) is 5.11 Å². The molecule has 3 nitrogen and oxygen atoms in total. The Balaban J connectivity index is 2.38. The van der Waals surface area contributed by atoms with Crippen molar-refractivity contribution in [3.05, 3.63) is 36.0 Å². The molecule has 0 unspecified atom stereocenters. The zero-order valence-electron chi connectivity index (χ0n) is 10.0. The third-order valence-electron chi connectivity index (χ3n) is 3.02. The zero-order chi connectivity index (χ0) is 12.3. The Morgan fingerprint density at radius 1 is 1.29 bits per heavy atom. The fourth-order valence-corrected chi connectivity index (χ4v) is 2.13. The molecule has 0 amide bonds. The number of carboxylic acids is 1. The average molecular weight is 231 g/mol. The molecule has 1 aromatic carbocycles. The summed E-state index contributed by atoms with van der Waals surface area (Å²) in [6.45, 7) is 3.05. The summed E-state index contributed by atoms with van der Waals surface area (Å²) in [6.07, 6.45) is 5.19. The lowest BCUT2D eigenvalue weighted by Crippen LogP contribution is -1.97. The van der Waals surface area contributed by atoms with Gasteiger partial charge in [0.2, 0.25) is 0 Å². The van der Waals surface area contributed by atoms with Gasteiger partial charge in [-0.2, -0.15) is 0 Å². The maximum Gasteiger partial charge on any atom is 0.337 e. The maximum absolute atomic E-state index is 11.1. The van der Waals surface area contributed by atoms with Gasteiger partial charge in [-0.1, -0.05) is 38.0 Å². The summed E-state index contributed by atoms with van der Waals surface area (Å²) in [5, 5.41) is 9.98. The molecule has 1 aromatic heterocycles. The molecule has 0 spiro atoms. The Labute approximate surface area is 101 Å². The molecule has 0 atom stereocenters. The number of nitrogens with zero attached hydrogens (tertiary/aromatic N) is 1. The van der Waals surface area contributed by atoms with Gasteiger partial charge in [0.15, 0.2) is 0 Å². The van der Waals surface area contributed by atoms with E-state index in [2.05, 4.69) is 11.5 Å². The zero-order valence-corrected chi connectivity index (χ0v) is 10.0. The number of para-hydroxylation sites is 1. The predicted octanol–water partition coefficient (Wildman–Crippen LogP) is 3.53. The third kappa shape index (κ3) is 2.33. The van der Waals surface area contributed by atoms with Gasteiger partial charge in [-0.05, 0) is 12.5 Å². The van der Waals surface area contributed by atoms with Gasteiger partial charge in [-0.25, -0.2) is 4.79 Å². The van der Waals surface area contributed by atoms with Gasteiger partial charge in [-0.3, -0.25) is 0 Å². The molecule has 0 bridgehead atoms. The third-order valence-corrected chi connectivity index (χ3v) is 3.02. The van der Waals surface area contributed by atoms with Crippen molar-refractivity contribution in [1.29, 1.82) is 0 Å². The van der Waals surface area contributed by atoms with Crippen molar-refractivity contribution in [2.24, 2.45) is 0 Å². The summed E-state index contributed by atoms with van der Waals surface area (Å²) >= 11 is 0. The second kappa shape index (κ2) is 5.04. The van der Waals surface area contributed by atoms with Crippen LogP contribution in [0, 0.1) is 0 Å². The molecule has 2 rings (SSSR count). The molecule has 0 saturated heterocycles. The Hall–Kier alpha value is -1.77. The summed E-state index contributed by atoms with van der Waals surface area (Å²) in [6, 6.07) is 7.68. The van der Waals surface area contributed by atoms with E-state index < -0.39 is 5.97 Å². The van der Waals surface area contributed by atoms with Crippen LogP contribution < -0.4 is 0 Å². The highest BCUT2D eigenvalue weighted by atomic mass is 16.4. The monoisotopic (exact) mass is 231 g/mol. The van der Waals surface area contributed by atoms with Gasteiger partial charge >= 0.3 is 5.97 Å². The second-order valence-electron chi connectivity index (χ2n) is 4.27. The predicted molar refractivity (Wildman–Crippen MR) is 68.4 cm³/mol. The number of aromatic carboxylic acids is 1. The van der Waals surface area contributed by atoms with E-state index in [0.29, 0.717) is 5.56 Å². The molecule has 1 heterocycles. The smallest absolute Gasteiger partial charge is 0.337 e. The Bertz CT molecular complexity index is 528. The first kappa shape index (κ1) is 11.7. The van der Waals surface area contributed by atoms with Crippen molar-refractivity contribution in [1.82, 2.24) is 4.57 Å². The van der Waals surface area contributed by atoms with Crippen LogP contribution in [-0.2, 0) is 6.54 Å². The number of rotatable bonds is 5. The minimum atomic E-state index is -0.851. The molecular weight excluding hydrogens is 214 g/mol. The molecule has 0 radical (unpaired) electrons. The number of hydrogen-bond acceptors (Lipinski definition) is 1. The van der Waals surface area contributed by atoms with Gasteiger partial charge in [0.05, 0.1) is 5.56 Å². The van der Waals surface area contributed by atoms with E-state index in [1.807, 2.05) is 24.3 Å². The van der Waals surface area contributed by atoms with E-state index in [9.17, 15) is 4.79 Å². The highest BCUT2D eigenvalue weighted by Crippen LogP contribution is 2.21. The van der Waals surface area contributed by atoms with Crippen LogP contribution in [0.2, 0.25) is 0 Å². The minimum absolute atomic E-state index is 0.400. The van der Waals surface area contributed by atoms with E-state index in [-0.39, 0.29) is 0 Å². The lowest BCUT2D eigenvalue weighted by molar-refractivity contribution is 0.0699. The lowest BCUT2D eigenvalue weighted by atomic mass is 10.2. The maximum atomic E-state index is 11.1. The fraction of sp³-hybridized carbons (Fsp3) is 0.357. The number of aryl methyl sites for hydroxylation is 1. The van der Waals surface area contributed by atoms with Crippen molar-refractivity contribution in [3.8, 4) is 0 Å². The average Bonchev–Trinajstić information content (AvgIpc) is 2.69. The number of carboxylic acid groups (broad SMARTS) is 1. The second-order valence-corrected chi connectivity index (χ2v) is 4.27. The molecule has 3 heteroatoms. The summed E-state index contributed by atoms with van der Waals surface area (Å²) in [5.41, 5.74) is 1.41.